The first-order valence-corrected chi connectivity index (χ1v) is 8.26. The summed E-state index contributed by atoms with van der Waals surface area (Å²) < 4.78 is 17.3. The van der Waals surface area contributed by atoms with E-state index >= 15 is 0 Å². The standard InChI is InChI=1S/C10H14ClN2O7P.2H3N/c11-7-8(15)5(2-4-21(17,18)19)20-9(7)13-3-1-6(14)12-10(13)16;;/h1,3,5,7-9,15H,2,4H2,(H,12,14,16)(H2,17,18,19);2*1H3/t5-,7-,8-,9-;;/m1../s1. The van der Waals surface area contributed by atoms with Gasteiger partial charge >= 0.3 is 13.3 Å². The summed E-state index contributed by atoms with van der Waals surface area (Å²) in [5.74, 6) is 0. The number of aliphatic hydroxyl groups is 1. The van der Waals surface area contributed by atoms with Crippen molar-refractivity contribution in [3.63, 3.8) is 0 Å². The molecule has 2 heterocycles. The summed E-state index contributed by atoms with van der Waals surface area (Å²) in [5.41, 5.74) is -1.33. The van der Waals surface area contributed by atoms with Crippen LogP contribution in [0.25, 0.3) is 0 Å². The van der Waals surface area contributed by atoms with E-state index in [0.717, 1.165) is 10.6 Å². The SMILES string of the molecule is N.N.O=c1ccn([C@@H]2O[C@H](CCP(=O)(O)O)[C@@H](O)[C@H]2Cl)c(=O)[nH]1. The maximum absolute atomic E-state index is 11.7. The predicted octanol–water partition coefficient (Wildman–Crippen LogP) is -0.706. The minimum Gasteiger partial charge on any atom is -0.389 e. The average Bonchev–Trinajstić information content (AvgIpc) is 2.64. The van der Waals surface area contributed by atoms with Crippen LogP contribution >= 0.6 is 19.2 Å². The van der Waals surface area contributed by atoms with E-state index in [4.69, 9.17) is 26.1 Å². The van der Waals surface area contributed by atoms with Crippen LogP contribution in [0, 0.1) is 0 Å². The van der Waals surface area contributed by atoms with Crippen molar-refractivity contribution < 1.29 is 24.2 Å². The van der Waals surface area contributed by atoms with Crippen LogP contribution in [-0.2, 0) is 9.30 Å². The van der Waals surface area contributed by atoms with Crippen LogP contribution in [0.1, 0.15) is 12.6 Å². The highest BCUT2D eigenvalue weighted by molar-refractivity contribution is 7.51. The van der Waals surface area contributed by atoms with Crippen LogP contribution in [0.15, 0.2) is 21.9 Å². The van der Waals surface area contributed by atoms with Gasteiger partial charge in [-0.3, -0.25) is 18.9 Å². The van der Waals surface area contributed by atoms with Crippen molar-refractivity contribution in [2.24, 2.45) is 0 Å². The summed E-state index contributed by atoms with van der Waals surface area (Å²) in [5, 5.41) is 8.94. The van der Waals surface area contributed by atoms with E-state index < -0.39 is 48.8 Å². The molecule has 1 aromatic heterocycles. The van der Waals surface area contributed by atoms with Gasteiger partial charge in [-0.15, -0.1) is 11.6 Å². The van der Waals surface area contributed by atoms with Gasteiger partial charge < -0.3 is 31.9 Å². The number of nitrogens with zero attached hydrogens (tertiary/aromatic N) is 1. The smallest absolute Gasteiger partial charge is 0.330 e. The largest absolute Gasteiger partial charge is 0.389 e. The molecule has 0 amide bonds. The monoisotopic (exact) mass is 374 g/mol. The Balaban J connectivity index is 0.00000242. The average molecular weight is 375 g/mol. The minimum absolute atomic E-state index is 0. The number of aliphatic hydroxyl groups excluding tert-OH is 1. The van der Waals surface area contributed by atoms with E-state index in [1.165, 1.54) is 6.20 Å². The Morgan fingerprint density at radius 3 is 2.48 bits per heavy atom. The van der Waals surface area contributed by atoms with Gasteiger partial charge in [0.2, 0.25) is 0 Å². The lowest BCUT2D eigenvalue weighted by molar-refractivity contribution is -0.0216. The molecule has 0 saturated carbocycles. The normalized spacial score (nSPS) is 27.1. The van der Waals surface area contributed by atoms with E-state index in [1.807, 2.05) is 4.98 Å². The van der Waals surface area contributed by atoms with Gasteiger partial charge in [-0.1, -0.05) is 0 Å². The number of alkyl halides is 1. The zero-order valence-electron chi connectivity index (χ0n) is 12.0. The summed E-state index contributed by atoms with van der Waals surface area (Å²) in [6, 6.07) is 1.10. The maximum Gasteiger partial charge on any atom is 0.330 e. The molecule has 0 aliphatic carbocycles. The topological polar surface area (TPSA) is 212 Å². The fraction of sp³-hybridized carbons (Fsp3) is 0.600. The van der Waals surface area contributed by atoms with Crippen LogP contribution in [0.5, 0.6) is 0 Å². The molecule has 0 spiro atoms. The first-order chi connectivity index (χ1) is 9.69. The summed E-state index contributed by atoms with van der Waals surface area (Å²) >= 11 is 6.00. The van der Waals surface area contributed by atoms with Crippen molar-refractivity contribution in [1.29, 1.82) is 0 Å². The second-order valence-electron chi connectivity index (χ2n) is 4.69. The van der Waals surface area contributed by atoms with Gasteiger partial charge in [0.1, 0.15) is 11.5 Å². The molecule has 134 valence electrons. The fourth-order valence-electron chi connectivity index (χ4n) is 2.09. The van der Waals surface area contributed by atoms with Gasteiger partial charge in [0.15, 0.2) is 6.23 Å². The lowest BCUT2D eigenvalue weighted by Crippen LogP contribution is -2.35. The Labute approximate surface area is 135 Å². The lowest BCUT2D eigenvalue weighted by Gasteiger charge is -2.16. The molecule has 0 radical (unpaired) electrons. The first kappa shape index (κ1) is 22.0. The highest BCUT2D eigenvalue weighted by Crippen LogP contribution is 2.39. The molecule has 1 aliphatic heterocycles. The predicted molar refractivity (Wildman–Crippen MR) is 82.5 cm³/mol. The van der Waals surface area contributed by atoms with Crippen molar-refractivity contribution in [3.8, 4) is 0 Å². The van der Waals surface area contributed by atoms with E-state index in [-0.39, 0.29) is 18.7 Å². The molecule has 1 saturated heterocycles. The van der Waals surface area contributed by atoms with Gasteiger partial charge in [0.25, 0.3) is 5.56 Å². The Kier molecular flexibility index (Phi) is 7.81. The number of aromatic amines is 1. The van der Waals surface area contributed by atoms with Gasteiger partial charge in [0.05, 0.1) is 12.3 Å². The highest BCUT2D eigenvalue weighted by Gasteiger charge is 2.44. The summed E-state index contributed by atoms with van der Waals surface area (Å²) in [6.45, 7) is 0. The van der Waals surface area contributed by atoms with Crippen molar-refractivity contribution in [1.82, 2.24) is 21.9 Å². The molecule has 11 nitrogen and oxygen atoms in total. The number of ether oxygens (including phenoxy) is 1. The van der Waals surface area contributed by atoms with Gasteiger partial charge in [-0.25, -0.2) is 4.79 Å². The number of halogens is 1. The Bertz CT molecular complexity index is 674. The summed E-state index contributed by atoms with van der Waals surface area (Å²) in [6.07, 6.45) is -2.53. The Hall–Kier alpha value is -1.04. The van der Waals surface area contributed by atoms with Crippen molar-refractivity contribution in [3.05, 3.63) is 33.1 Å². The number of rotatable bonds is 4. The van der Waals surface area contributed by atoms with Crippen molar-refractivity contribution in [2.75, 3.05) is 6.16 Å². The molecule has 2 rings (SSSR count). The van der Waals surface area contributed by atoms with E-state index in [0.29, 0.717) is 0 Å². The van der Waals surface area contributed by atoms with Crippen LogP contribution in [0.4, 0.5) is 0 Å². The van der Waals surface area contributed by atoms with Gasteiger partial charge in [-0.05, 0) is 6.42 Å². The summed E-state index contributed by atoms with van der Waals surface area (Å²) in [7, 11) is -4.22. The van der Waals surface area contributed by atoms with Crippen molar-refractivity contribution in [2.45, 2.75) is 30.2 Å². The zero-order chi connectivity index (χ0) is 15.8. The number of hydrogen-bond donors (Lipinski definition) is 6. The molecule has 1 aliphatic rings. The Morgan fingerprint density at radius 1 is 1.35 bits per heavy atom. The number of H-pyrrole nitrogens is 1. The Morgan fingerprint density at radius 2 is 1.96 bits per heavy atom. The molecule has 4 atom stereocenters. The molecule has 1 fully saturated rings. The van der Waals surface area contributed by atoms with E-state index in [1.54, 1.807) is 0 Å². The van der Waals surface area contributed by atoms with Crippen LogP contribution in [0.3, 0.4) is 0 Å². The second-order valence-corrected chi connectivity index (χ2v) is 6.98. The third-order valence-corrected chi connectivity index (χ3v) is 4.44. The highest BCUT2D eigenvalue weighted by atomic mass is 35.5. The molecule has 13 heteroatoms. The molecule has 23 heavy (non-hydrogen) atoms. The molecule has 0 bridgehead atoms. The first-order valence-electron chi connectivity index (χ1n) is 6.03. The number of nitrogens with one attached hydrogen (secondary N) is 1. The quantitative estimate of drug-likeness (QED) is 0.289. The van der Waals surface area contributed by atoms with Crippen molar-refractivity contribution >= 4 is 19.2 Å². The molecule has 1 aromatic rings. The number of hydrogen-bond acceptors (Lipinski definition) is 7. The summed E-state index contributed by atoms with van der Waals surface area (Å²) in [4.78, 5) is 42.4. The third kappa shape index (κ3) is 5.23. The molecular weight excluding hydrogens is 355 g/mol. The minimum atomic E-state index is -4.22. The lowest BCUT2D eigenvalue weighted by atomic mass is 10.1. The van der Waals surface area contributed by atoms with Gasteiger partial charge in [0, 0.05) is 12.3 Å². The van der Waals surface area contributed by atoms with E-state index in [2.05, 4.69) is 0 Å². The molecular formula is C10H20ClN4O7P. The molecule has 0 unspecified atom stereocenters. The van der Waals surface area contributed by atoms with Gasteiger partial charge in [-0.2, -0.15) is 0 Å². The van der Waals surface area contributed by atoms with Crippen LogP contribution in [-0.4, -0.2) is 48.2 Å². The third-order valence-electron chi connectivity index (χ3n) is 3.12. The zero-order valence-corrected chi connectivity index (χ0v) is 13.7. The second kappa shape index (κ2) is 8.18. The fourth-order valence-corrected chi connectivity index (χ4v) is 3.02. The number of aromatic nitrogens is 2. The van der Waals surface area contributed by atoms with Crippen LogP contribution in [0.2, 0.25) is 0 Å². The van der Waals surface area contributed by atoms with Crippen LogP contribution < -0.4 is 23.6 Å². The van der Waals surface area contributed by atoms with E-state index in [9.17, 15) is 19.3 Å². The molecule has 10 N–H and O–H groups in total. The molecule has 0 aromatic carbocycles. The maximum atomic E-state index is 11.7.